The van der Waals surface area contributed by atoms with E-state index in [1.807, 2.05) is 0 Å². The summed E-state index contributed by atoms with van der Waals surface area (Å²) < 4.78 is 0. The van der Waals surface area contributed by atoms with Crippen LogP contribution >= 0.6 is 0 Å². The molecule has 0 aromatic carbocycles. The first-order valence-electron chi connectivity index (χ1n) is 21.0. The summed E-state index contributed by atoms with van der Waals surface area (Å²) in [5.74, 6) is 3.82. The van der Waals surface area contributed by atoms with E-state index in [-0.39, 0.29) is 33.2 Å². The minimum atomic E-state index is -0.0315. The van der Waals surface area contributed by atoms with Crippen molar-refractivity contribution in [2.75, 3.05) is 36.2 Å². The van der Waals surface area contributed by atoms with Gasteiger partial charge in [0.2, 0.25) is 17.8 Å². The zero-order valence-electron chi connectivity index (χ0n) is 36.7. The van der Waals surface area contributed by atoms with E-state index >= 15 is 0 Å². The van der Waals surface area contributed by atoms with Crippen molar-refractivity contribution in [1.29, 1.82) is 0 Å². The van der Waals surface area contributed by atoms with Crippen LogP contribution in [0, 0.1) is 17.8 Å². The average Bonchev–Trinajstić information content (AvgIpc) is 3.12. The molecule has 294 valence electrons. The molecule has 0 amide bonds. The Hall–Kier alpha value is -1.71. The lowest BCUT2D eigenvalue weighted by Gasteiger charge is -2.61. The quantitative estimate of drug-likeness (QED) is 0.211. The third-order valence-electron chi connectivity index (χ3n) is 16.3. The number of aromatic nitrogens is 3. The second-order valence-electron chi connectivity index (χ2n) is 18.7. The van der Waals surface area contributed by atoms with Gasteiger partial charge in [0.05, 0.1) is 0 Å². The Morgan fingerprint density at radius 1 is 0.451 bits per heavy atom. The average molecular weight is 712 g/mol. The number of rotatable bonds is 12. The van der Waals surface area contributed by atoms with E-state index in [2.05, 4.69) is 155 Å². The fourth-order valence-electron chi connectivity index (χ4n) is 10.9. The van der Waals surface area contributed by atoms with Crippen molar-refractivity contribution in [2.45, 2.75) is 214 Å². The SMILES string of the molecule is CCC1(C)CCC(C)C(C)(CC)N1N(C)c1nc(N(C)N2C(C)(CC)CCC(C)C2(C)CC)nc(N(C)N2C(C)(CC)CCC(C)C2(C)CC)n1. The molecule has 9 nitrogen and oxygen atoms in total. The zero-order valence-corrected chi connectivity index (χ0v) is 36.7. The second kappa shape index (κ2) is 14.8. The van der Waals surface area contributed by atoms with Crippen molar-refractivity contribution in [2.24, 2.45) is 17.8 Å². The fraction of sp³-hybridized carbons (Fsp3) is 0.929. The molecule has 0 spiro atoms. The maximum absolute atomic E-state index is 5.49. The van der Waals surface area contributed by atoms with Gasteiger partial charge in [0.25, 0.3) is 0 Å². The molecule has 3 aliphatic rings. The number of nitrogens with zero attached hydrogens (tertiary/aromatic N) is 9. The minimum absolute atomic E-state index is 0.00941. The molecule has 51 heavy (non-hydrogen) atoms. The van der Waals surface area contributed by atoms with E-state index in [0.29, 0.717) is 17.8 Å². The predicted octanol–water partition coefficient (Wildman–Crippen LogP) is 10.1. The monoisotopic (exact) mass is 712 g/mol. The molecular weight excluding hydrogens is 631 g/mol. The molecule has 3 saturated heterocycles. The van der Waals surface area contributed by atoms with Crippen LogP contribution in [0.1, 0.15) is 181 Å². The van der Waals surface area contributed by atoms with E-state index in [1.54, 1.807) is 0 Å². The van der Waals surface area contributed by atoms with Gasteiger partial charge < -0.3 is 0 Å². The van der Waals surface area contributed by atoms with Gasteiger partial charge in [-0.05, 0) is 136 Å². The Balaban J connectivity index is 2.00. The molecule has 0 radical (unpaired) electrons. The highest BCUT2D eigenvalue weighted by Crippen LogP contribution is 2.50. The Morgan fingerprint density at radius 3 is 0.843 bits per heavy atom. The summed E-state index contributed by atoms with van der Waals surface area (Å²) in [6.07, 6.45) is 13.5. The Morgan fingerprint density at radius 2 is 0.667 bits per heavy atom. The van der Waals surface area contributed by atoms with Crippen molar-refractivity contribution < 1.29 is 0 Å². The van der Waals surface area contributed by atoms with Gasteiger partial charge in [0.1, 0.15) is 0 Å². The maximum Gasteiger partial charge on any atom is 0.246 e. The standard InChI is InChI=1S/C42H81N9/c1-19-37(10)28-25-31(7)40(13,22-4)49(37)46(16)34-43-35(47(17)50-38(11,20-2)29-26-32(8)41(50,14)23-5)45-36(44-34)48(18)51-39(12,21-3)30-27-33(9)42(51,15)24-6/h31-33H,19-30H2,1-18H3. The van der Waals surface area contributed by atoms with Gasteiger partial charge in [-0.25, -0.2) is 15.0 Å². The summed E-state index contributed by atoms with van der Waals surface area (Å²) in [6.45, 7) is 36.2. The van der Waals surface area contributed by atoms with Crippen LogP contribution < -0.4 is 15.0 Å². The summed E-state index contributed by atoms with van der Waals surface area (Å²) in [5.41, 5.74) is -0.123. The molecule has 1 aromatic rings. The molecule has 0 N–H and O–H groups in total. The molecule has 0 aliphatic carbocycles. The summed E-state index contributed by atoms with van der Waals surface area (Å²) in [6, 6.07) is 0. The van der Waals surface area contributed by atoms with Gasteiger partial charge in [-0.3, -0.25) is 15.0 Å². The van der Waals surface area contributed by atoms with Gasteiger partial charge in [0.15, 0.2) is 0 Å². The number of hydrazine groups is 3. The van der Waals surface area contributed by atoms with Gasteiger partial charge in [-0.15, -0.1) is 0 Å². The first-order chi connectivity index (χ1) is 23.7. The van der Waals surface area contributed by atoms with E-state index in [9.17, 15) is 0 Å². The molecule has 9 atom stereocenters. The van der Waals surface area contributed by atoms with Crippen molar-refractivity contribution in [3.05, 3.63) is 0 Å². The fourth-order valence-corrected chi connectivity index (χ4v) is 10.9. The third kappa shape index (κ3) is 6.70. The van der Waals surface area contributed by atoms with Crippen LogP contribution in [0.3, 0.4) is 0 Å². The van der Waals surface area contributed by atoms with Crippen LogP contribution in [0.5, 0.6) is 0 Å². The summed E-state index contributed by atoms with van der Waals surface area (Å²) >= 11 is 0. The molecule has 4 rings (SSSR count). The number of hydrogen-bond donors (Lipinski definition) is 0. The van der Waals surface area contributed by atoms with Crippen LogP contribution in [0.4, 0.5) is 17.8 Å². The summed E-state index contributed by atoms with van der Waals surface area (Å²) in [7, 11) is 6.65. The molecule has 9 unspecified atom stereocenters. The van der Waals surface area contributed by atoms with E-state index in [1.165, 1.54) is 19.3 Å². The van der Waals surface area contributed by atoms with Crippen LogP contribution in [0.25, 0.3) is 0 Å². The highest BCUT2D eigenvalue weighted by atomic mass is 15.7. The topological polar surface area (TPSA) is 58.1 Å². The summed E-state index contributed by atoms with van der Waals surface area (Å²) in [5, 5.41) is 15.0. The number of hydrogen-bond acceptors (Lipinski definition) is 9. The van der Waals surface area contributed by atoms with E-state index in [4.69, 9.17) is 15.0 Å². The minimum Gasteiger partial charge on any atom is -0.275 e. The molecule has 3 fully saturated rings. The molecule has 0 bridgehead atoms. The molecule has 3 aliphatic heterocycles. The molecule has 9 heteroatoms. The van der Waals surface area contributed by atoms with Gasteiger partial charge in [0, 0.05) is 54.4 Å². The Labute approximate surface area is 315 Å². The zero-order chi connectivity index (χ0) is 38.5. The van der Waals surface area contributed by atoms with E-state index < -0.39 is 0 Å². The summed E-state index contributed by atoms with van der Waals surface area (Å²) in [4.78, 5) is 16.5. The largest absolute Gasteiger partial charge is 0.275 e. The Bertz CT molecular complexity index is 1170. The Kier molecular flexibility index (Phi) is 12.2. The normalized spacial score (nSPS) is 40.0. The lowest BCUT2D eigenvalue weighted by atomic mass is 9.70. The number of piperidine rings is 3. The van der Waals surface area contributed by atoms with Crippen molar-refractivity contribution in [1.82, 2.24) is 30.0 Å². The smallest absolute Gasteiger partial charge is 0.246 e. The van der Waals surface area contributed by atoms with Gasteiger partial charge >= 0.3 is 0 Å². The van der Waals surface area contributed by atoms with Crippen LogP contribution in [0.15, 0.2) is 0 Å². The van der Waals surface area contributed by atoms with Crippen molar-refractivity contribution >= 4 is 17.8 Å². The van der Waals surface area contributed by atoms with Gasteiger partial charge in [-0.1, -0.05) is 62.3 Å². The van der Waals surface area contributed by atoms with Crippen molar-refractivity contribution in [3.8, 4) is 0 Å². The molecule has 1 aromatic heterocycles. The number of anilines is 3. The first kappa shape index (κ1) is 42.0. The van der Waals surface area contributed by atoms with Crippen LogP contribution in [-0.2, 0) is 0 Å². The van der Waals surface area contributed by atoms with Crippen LogP contribution in [-0.4, -0.2) is 84.4 Å². The van der Waals surface area contributed by atoms with Gasteiger partial charge in [-0.2, -0.15) is 15.0 Å². The van der Waals surface area contributed by atoms with Crippen molar-refractivity contribution in [3.63, 3.8) is 0 Å². The first-order valence-corrected chi connectivity index (χ1v) is 21.0. The maximum atomic E-state index is 5.49. The molecule has 0 saturated carbocycles. The third-order valence-corrected chi connectivity index (χ3v) is 16.3. The molecular formula is C42H81N9. The lowest BCUT2D eigenvalue weighted by Crippen LogP contribution is -2.70. The molecule has 4 heterocycles. The highest BCUT2D eigenvalue weighted by Gasteiger charge is 2.54. The van der Waals surface area contributed by atoms with E-state index in [0.717, 1.165) is 75.6 Å². The lowest BCUT2D eigenvalue weighted by molar-refractivity contribution is -0.0908. The highest BCUT2D eigenvalue weighted by molar-refractivity contribution is 5.46. The van der Waals surface area contributed by atoms with Crippen LogP contribution in [0.2, 0.25) is 0 Å². The second-order valence-corrected chi connectivity index (χ2v) is 18.7. The predicted molar refractivity (Wildman–Crippen MR) is 218 cm³/mol.